The second kappa shape index (κ2) is 5.91. The summed E-state index contributed by atoms with van der Waals surface area (Å²) in [7, 11) is 0. The van der Waals surface area contributed by atoms with Crippen molar-refractivity contribution in [1.82, 2.24) is 9.88 Å². The van der Waals surface area contributed by atoms with Crippen molar-refractivity contribution >= 4 is 22.0 Å². The molecule has 2 atom stereocenters. The third kappa shape index (κ3) is 2.78. The Bertz CT molecular complexity index is 659. The molecule has 2 unspecified atom stereocenters. The number of likely N-dealkylation sites (tertiary alicyclic amines) is 1. The molecule has 21 heavy (non-hydrogen) atoms. The molecule has 2 aromatic rings. The van der Waals surface area contributed by atoms with E-state index >= 15 is 0 Å². The van der Waals surface area contributed by atoms with Crippen LogP contribution in [0.2, 0.25) is 0 Å². The lowest BCUT2D eigenvalue weighted by Crippen LogP contribution is -2.28. The van der Waals surface area contributed by atoms with Crippen LogP contribution in [0.15, 0.2) is 24.4 Å². The molecule has 0 radical (unpaired) electrons. The van der Waals surface area contributed by atoms with Gasteiger partial charge in [-0.25, -0.2) is 0 Å². The van der Waals surface area contributed by atoms with Crippen LogP contribution in [0.4, 0.5) is 0 Å². The molecule has 0 spiro atoms. The van der Waals surface area contributed by atoms with Gasteiger partial charge in [-0.3, -0.25) is 9.11 Å². The van der Waals surface area contributed by atoms with Gasteiger partial charge in [-0.05, 0) is 60.1 Å². The van der Waals surface area contributed by atoms with Crippen LogP contribution in [0, 0.1) is 0 Å². The maximum atomic E-state index is 11.7. The number of aromatic amines is 1. The van der Waals surface area contributed by atoms with Crippen LogP contribution in [-0.4, -0.2) is 31.7 Å². The Hall–Kier alpha value is -1.17. The van der Waals surface area contributed by atoms with Crippen molar-refractivity contribution in [2.45, 2.75) is 38.0 Å². The predicted octanol–water partition coefficient (Wildman–Crippen LogP) is 3.26. The average Bonchev–Trinajstić information content (AvgIpc) is 3.06. The first-order valence-electron chi connectivity index (χ1n) is 7.51. The van der Waals surface area contributed by atoms with Gasteiger partial charge >= 0.3 is 0 Å². The Balaban J connectivity index is 2.00. The molecule has 3 rings (SSSR count). The van der Waals surface area contributed by atoms with Gasteiger partial charge in [-0.1, -0.05) is 26.0 Å². The average molecular weight is 305 g/mol. The minimum Gasteiger partial charge on any atom is -0.771 e. The normalized spacial score (nSPS) is 19.4. The van der Waals surface area contributed by atoms with E-state index in [1.54, 1.807) is 0 Å². The summed E-state index contributed by atoms with van der Waals surface area (Å²) in [6.45, 7) is 6.05. The monoisotopic (exact) mass is 305 g/mol. The van der Waals surface area contributed by atoms with Gasteiger partial charge in [0.25, 0.3) is 0 Å². The summed E-state index contributed by atoms with van der Waals surface area (Å²) in [5.74, 6) is 0.451. The van der Waals surface area contributed by atoms with Gasteiger partial charge in [-0.15, -0.1) is 0 Å². The molecular weight excluding hydrogens is 284 g/mol. The molecule has 1 aromatic heterocycles. The maximum Gasteiger partial charge on any atom is 0.0983 e. The quantitative estimate of drug-likeness (QED) is 0.882. The second-order valence-electron chi connectivity index (χ2n) is 6.06. The highest BCUT2D eigenvalue weighted by Crippen LogP contribution is 2.31. The van der Waals surface area contributed by atoms with Crippen molar-refractivity contribution in [3.63, 3.8) is 0 Å². The van der Waals surface area contributed by atoms with Crippen LogP contribution in [-0.2, 0) is 11.1 Å². The Kier molecular flexibility index (Phi) is 4.15. The summed E-state index contributed by atoms with van der Waals surface area (Å²) in [4.78, 5) is 5.33. The van der Waals surface area contributed by atoms with Crippen LogP contribution in [0.1, 0.15) is 49.1 Å². The zero-order valence-corrected chi connectivity index (χ0v) is 13.3. The zero-order chi connectivity index (χ0) is 15.0. The van der Waals surface area contributed by atoms with E-state index in [1.165, 1.54) is 10.9 Å². The number of fused-ring (bicyclic) bond motifs is 1. The van der Waals surface area contributed by atoms with E-state index in [9.17, 15) is 8.76 Å². The molecule has 5 heteroatoms. The Morgan fingerprint density at radius 1 is 1.29 bits per heavy atom. The lowest BCUT2D eigenvalue weighted by Gasteiger charge is -2.29. The van der Waals surface area contributed by atoms with Crippen LogP contribution in [0.25, 0.3) is 10.9 Å². The van der Waals surface area contributed by atoms with E-state index < -0.39 is 16.5 Å². The van der Waals surface area contributed by atoms with Gasteiger partial charge in [-0.2, -0.15) is 0 Å². The zero-order valence-electron chi connectivity index (χ0n) is 12.5. The summed E-state index contributed by atoms with van der Waals surface area (Å²) >= 11 is -2.13. The van der Waals surface area contributed by atoms with E-state index in [0.717, 1.165) is 37.0 Å². The first-order valence-corrected chi connectivity index (χ1v) is 8.65. The number of hydrogen-bond donors (Lipinski definition) is 1. The molecule has 1 aliphatic heterocycles. The predicted molar refractivity (Wildman–Crippen MR) is 84.9 cm³/mol. The fraction of sp³-hybridized carbons (Fsp3) is 0.500. The van der Waals surface area contributed by atoms with E-state index in [0.29, 0.717) is 5.92 Å². The molecule has 0 aliphatic carbocycles. The molecule has 114 valence electrons. The third-order valence-electron chi connectivity index (χ3n) is 4.30. The highest BCUT2D eigenvalue weighted by Gasteiger charge is 2.24. The van der Waals surface area contributed by atoms with Crippen LogP contribution >= 0.6 is 0 Å². The highest BCUT2D eigenvalue weighted by atomic mass is 32.2. The lowest BCUT2D eigenvalue weighted by molar-refractivity contribution is 0.302. The van der Waals surface area contributed by atoms with Gasteiger partial charge < -0.3 is 9.54 Å². The first kappa shape index (κ1) is 14.8. The van der Waals surface area contributed by atoms with Gasteiger partial charge in [0.05, 0.1) is 5.37 Å². The molecule has 1 aliphatic rings. The number of nitrogens with zero attached hydrogens (tertiary/aromatic N) is 1. The molecule has 2 heterocycles. The second-order valence-corrected chi connectivity index (χ2v) is 7.03. The van der Waals surface area contributed by atoms with Crippen LogP contribution in [0.5, 0.6) is 0 Å². The lowest BCUT2D eigenvalue weighted by atomic mass is 10.0. The molecule has 1 aromatic carbocycles. The molecule has 1 N–H and O–H groups in total. The number of rotatable bonds is 4. The number of nitrogens with one attached hydrogen (secondary N) is 1. The summed E-state index contributed by atoms with van der Waals surface area (Å²) in [5, 5.41) is 0.660. The van der Waals surface area contributed by atoms with E-state index in [4.69, 9.17) is 0 Å². The molecule has 0 saturated carbocycles. The van der Waals surface area contributed by atoms with Crippen molar-refractivity contribution in [2.75, 3.05) is 13.1 Å². The van der Waals surface area contributed by atoms with E-state index in [1.807, 2.05) is 24.4 Å². The third-order valence-corrected chi connectivity index (χ3v) is 5.23. The van der Waals surface area contributed by atoms with Gasteiger partial charge in [0.1, 0.15) is 0 Å². The van der Waals surface area contributed by atoms with E-state index in [-0.39, 0.29) is 0 Å². The maximum absolute atomic E-state index is 11.7. The summed E-state index contributed by atoms with van der Waals surface area (Å²) in [5.41, 5.74) is 3.15. The fourth-order valence-electron chi connectivity index (χ4n) is 3.22. The number of hydrogen-bond acceptors (Lipinski definition) is 3. The summed E-state index contributed by atoms with van der Waals surface area (Å²) in [6, 6.07) is 5.99. The summed E-state index contributed by atoms with van der Waals surface area (Å²) < 4.78 is 23.4. The summed E-state index contributed by atoms with van der Waals surface area (Å²) in [6.07, 6.45) is 4.18. The van der Waals surface area contributed by atoms with Gasteiger partial charge in [0.15, 0.2) is 0 Å². The Morgan fingerprint density at radius 2 is 2.00 bits per heavy atom. The smallest absolute Gasteiger partial charge is 0.0983 e. The van der Waals surface area contributed by atoms with Crippen molar-refractivity contribution in [1.29, 1.82) is 0 Å². The number of benzene rings is 1. The largest absolute Gasteiger partial charge is 0.771 e. The van der Waals surface area contributed by atoms with Crippen molar-refractivity contribution in [2.24, 2.45) is 0 Å². The minimum atomic E-state index is -2.13. The van der Waals surface area contributed by atoms with Crippen molar-refractivity contribution < 1.29 is 8.76 Å². The van der Waals surface area contributed by atoms with Gasteiger partial charge in [0, 0.05) is 17.1 Å². The highest BCUT2D eigenvalue weighted by molar-refractivity contribution is 7.79. The standard InChI is InChI=1S/C16H22N2O2S/c1-11(2)14-10-17-15-9-12(5-6-13(14)15)16(21(19)20)18-7-3-4-8-18/h5-6,9-11,16-17H,3-4,7-8H2,1-2H3,(H,19,20)/p-1. The topological polar surface area (TPSA) is 59.2 Å². The SMILES string of the molecule is CC(C)c1c[nH]c2cc(C(N3CCCC3)S(=O)[O-])ccc12. The van der Waals surface area contributed by atoms with Crippen molar-refractivity contribution in [3.05, 3.63) is 35.5 Å². The fourth-order valence-corrected chi connectivity index (χ4v) is 4.04. The molecule has 4 nitrogen and oxygen atoms in total. The Morgan fingerprint density at radius 3 is 2.62 bits per heavy atom. The Labute approximate surface area is 127 Å². The molecule has 1 fully saturated rings. The molecular formula is C16H21N2O2S-. The van der Waals surface area contributed by atoms with Crippen LogP contribution in [0.3, 0.4) is 0 Å². The molecule has 0 bridgehead atoms. The van der Waals surface area contributed by atoms with Crippen LogP contribution < -0.4 is 0 Å². The van der Waals surface area contributed by atoms with Gasteiger partial charge in [0.2, 0.25) is 0 Å². The van der Waals surface area contributed by atoms with Crippen molar-refractivity contribution in [3.8, 4) is 0 Å². The minimum absolute atomic E-state index is 0.451. The first-order chi connectivity index (χ1) is 10.1. The number of aromatic nitrogens is 1. The molecule has 1 saturated heterocycles. The van der Waals surface area contributed by atoms with E-state index in [2.05, 4.69) is 23.7 Å². The number of H-pyrrole nitrogens is 1. The molecule has 0 amide bonds.